The molecular formula is C14H12BrIN2O2. The lowest BCUT2D eigenvalue weighted by atomic mass is 10.1. The van der Waals surface area contributed by atoms with Crippen molar-refractivity contribution >= 4 is 49.9 Å². The first-order valence-corrected chi connectivity index (χ1v) is 7.80. The molecule has 0 aliphatic rings. The van der Waals surface area contributed by atoms with Crippen LogP contribution in [0.5, 0.6) is 0 Å². The minimum Gasteiger partial charge on any atom is -0.378 e. The number of nitrogens with one attached hydrogen (secondary N) is 1. The van der Waals surface area contributed by atoms with Crippen LogP contribution in [0.1, 0.15) is 18.5 Å². The van der Waals surface area contributed by atoms with E-state index in [1.165, 1.54) is 6.07 Å². The van der Waals surface area contributed by atoms with Crippen LogP contribution in [-0.4, -0.2) is 4.92 Å². The van der Waals surface area contributed by atoms with Crippen LogP contribution in [0.2, 0.25) is 0 Å². The summed E-state index contributed by atoms with van der Waals surface area (Å²) in [7, 11) is 0. The molecule has 0 heterocycles. The monoisotopic (exact) mass is 446 g/mol. The molecule has 1 unspecified atom stereocenters. The van der Waals surface area contributed by atoms with Crippen LogP contribution in [0.4, 0.5) is 11.4 Å². The van der Waals surface area contributed by atoms with Crippen molar-refractivity contribution in [1.82, 2.24) is 0 Å². The summed E-state index contributed by atoms with van der Waals surface area (Å²) in [6.07, 6.45) is 0. The first-order chi connectivity index (χ1) is 9.47. The molecule has 0 saturated carbocycles. The van der Waals surface area contributed by atoms with Crippen molar-refractivity contribution in [3.63, 3.8) is 0 Å². The summed E-state index contributed by atoms with van der Waals surface area (Å²) in [5, 5.41) is 14.1. The maximum Gasteiger partial charge on any atom is 0.270 e. The molecule has 104 valence electrons. The maximum absolute atomic E-state index is 10.7. The number of nitrogens with zero attached hydrogens (tertiary/aromatic N) is 1. The molecule has 0 aromatic heterocycles. The average Bonchev–Trinajstić information content (AvgIpc) is 2.40. The Morgan fingerprint density at radius 1 is 1.30 bits per heavy atom. The Labute approximate surface area is 139 Å². The minimum absolute atomic E-state index is 0.107. The predicted molar refractivity (Wildman–Crippen MR) is 92.0 cm³/mol. The largest absolute Gasteiger partial charge is 0.378 e. The molecular weight excluding hydrogens is 435 g/mol. The molecule has 0 amide bonds. The lowest BCUT2D eigenvalue weighted by molar-refractivity contribution is -0.384. The van der Waals surface area contributed by atoms with Gasteiger partial charge in [0.2, 0.25) is 0 Å². The van der Waals surface area contributed by atoms with Crippen molar-refractivity contribution in [1.29, 1.82) is 0 Å². The molecule has 6 heteroatoms. The van der Waals surface area contributed by atoms with Crippen molar-refractivity contribution < 1.29 is 4.92 Å². The molecule has 1 atom stereocenters. The summed E-state index contributed by atoms with van der Waals surface area (Å²) in [4.78, 5) is 10.3. The van der Waals surface area contributed by atoms with Gasteiger partial charge < -0.3 is 5.32 Å². The van der Waals surface area contributed by atoms with Gasteiger partial charge in [0.25, 0.3) is 5.69 Å². The Kier molecular flexibility index (Phi) is 4.98. The second-order valence-electron chi connectivity index (χ2n) is 4.34. The molecule has 0 radical (unpaired) electrons. The van der Waals surface area contributed by atoms with Gasteiger partial charge in [-0.1, -0.05) is 28.1 Å². The number of hydrogen-bond donors (Lipinski definition) is 1. The predicted octanol–water partition coefficient (Wildman–Crippen LogP) is 5.14. The molecule has 0 bridgehead atoms. The highest BCUT2D eigenvalue weighted by molar-refractivity contribution is 14.1. The van der Waals surface area contributed by atoms with Crippen LogP contribution in [0.15, 0.2) is 46.9 Å². The van der Waals surface area contributed by atoms with Crippen LogP contribution in [-0.2, 0) is 0 Å². The van der Waals surface area contributed by atoms with Gasteiger partial charge in [-0.3, -0.25) is 10.1 Å². The molecule has 2 rings (SSSR count). The van der Waals surface area contributed by atoms with Crippen molar-refractivity contribution in [2.24, 2.45) is 0 Å². The number of hydrogen-bond acceptors (Lipinski definition) is 3. The van der Waals surface area contributed by atoms with Gasteiger partial charge >= 0.3 is 0 Å². The van der Waals surface area contributed by atoms with Gasteiger partial charge in [-0.15, -0.1) is 0 Å². The van der Waals surface area contributed by atoms with Crippen molar-refractivity contribution in [3.8, 4) is 0 Å². The number of benzene rings is 2. The van der Waals surface area contributed by atoms with Gasteiger partial charge in [-0.05, 0) is 53.3 Å². The quantitative estimate of drug-likeness (QED) is 0.402. The molecule has 4 nitrogen and oxygen atoms in total. The number of anilines is 1. The van der Waals surface area contributed by atoms with Crippen molar-refractivity contribution in [3.05, 3.63) is 66.2 Å². The van der Waals surface area contributed by atoms with Crippen LogP contribution in [0, 0.1) is 13.7 Å². The Morgan fingerprint density at radius 2 is 2.05 bits per heavy atom. The second-order valence-corrected chi connectivity index (χ2v) is 6.42. The van der Waals surface area contributed by atoms with Gasteiger partial charge in [0, 0.05) is 31.9 Å². The zero-order chi connectivity index (χ0) is 14.7. The molecule has 0 fully saturated rings. The Bertz CT molecular complexity index is 649. The van der Waals surface area contributed by atoms with Gasteiger partial charge in [0.1, 0.15) is 0 Å². The third kappa shape index (κ3) is 3.69. The molecule has 1 N–H and O–H groups in total. The van der Waals surface area contributed by atoms with E-state index >= 15 is 0 Å². The van der Waals surface area contributed by atoms with Crippen LogP contribution in [0.3, 0.4) is 0 Å². The zero-order valence-electron chi connectivity index (χ0n) is 10.6. The molecule has 0 aliphatic heterocycles. The fourth-order valence-electron chi connectivity index (χ4n) is 1.83. The Balaban J connectivity index is 2.19. The normalized spacial score (nSPS) is 11.9. The number of non-ortho nitro benzene ring substituents is 1. The first-order valence-electron chi connectivity index (χ1n) is 5.93. The lowest BCUT2D eigenvalue weighted by Gasteiger charge is -2.17. The van der Waals surface area contributed by atoms with E-state index in [2.05, 4.69) is 56.8 Å². The van der Waals surface area contributed by atoms with Crippen LogP contribution < -0.4 is 5.32 Å². The van der Waals surface area contributed by atoms with E-state index in [1.807, 2.05) is 18.2 Å². The minimum atomic E-state index is -0.385. The summed E-state index contributed by atoms with van der Waals surface area (Å²) >= 11 is 5.55. The molecule has 0 aliphatic carbocycles. The summed E-state index contributed by atoms with van der Waals surface area (Å²) in [5.74, 6) is 0. The van der Waals surface area contributed by atoms with E-state index in [0.717, 1.165) is 19.3 Å². The van der Waals surface area contributed by atoms with E-state index in [9.17, 15) is 10.1 Å². The second kappa shape index (κ2) is 6.53. The van der Waals surface area contributed by atoms with Gasteiger partial charge in [0.15, 0.2) is 0 Å². The lowest BCUT2D eigenvalue weighted by Crippen LogP contribution is -2.07. The number of halogens is 2. The molecule has 20 heavy (non-hydrogen) atoms. The summed E-state index contributed by atoms with van der Waals surface area (Å²) in [6.45, 7) is 2.05. The molecule has 2 aromatic rings. The Hall–Kier alpha value is -1.15. The van der Waals surface area contributed by atoms with Gasteiger partial charge in [-0.25, -0.2) is 0 Å². The third-order valence-corrected chi connectivity index (χ3v) is 4.27. The highest BCUT2D eigenvalue weighted by Gasteiger charge is 2.11. The molecule has 2 aromatic carbocycles. The van der Waals surface area contributed by atoms with Crippen LogP contribution >= 0.6 is 38.5 Å². The summed E-state index contributed by atoms with van der Waals surface area (Å²) < 4.78 is 1.86. The van der Waals surface area contributed by atoms with Crippen molar-refractivity contribution in [2.45, 2.75) is 13.0 Å². The van der Waals surface area contributed by atoms with Crippen LogP contribution in [0.25, 0.3) is 0 Å². The standard InChI is InChI=1S/C14H12BrIN2O2/c1-9(10-3-2-4-11(15)7-10)17-14-6-5-12(18(19)20)8-13(14)16/h2-9,17H,1H3. The summed E-state index contributed by atoms with van der Waals surface area (Å²) in [6, 6.07) is 13.0. The molecule has 0 saturated heterocycles. The maximum atomic E-state index is 10.7. The van der Waals surface area contributed by atoms with Gasteiger partial charge in [0.05, 0.1) is 4.92 Å². The van der Waals surface area contributed by atoms with E-state index in [0.29, 0.717) is 0 Å². The van der Waals surface area contributed by atoms with E-state index in [-0.39, 0.29) is 16.7 Å². The third-order valence-electron chi connectivity index (χ3n) is 2.88. The number of nitro groups is 1. The van der Waals surface area contributed by atoms with Gasteiger partial charge in [-0.2, -0.15) is 0 Å². The van der Waals surface area contributed by atoms with E-state index in [1.54, 1.807) is 12.1 Å². The fourth-order valence-corrected chi connectivity index (χ4v) is 2.90. The zero-order valence-corrected chi connectivity index (χ0v) is 14.4. The SMILES string of the molecule is CC(Nc1ccc([N+](=O)[O-])cc1I)c1cccc(Br)c1. The first kappa shape index (κ1) is 15.2. The van der Waals surface area contributed by atoms with Crippen molar-refractivity contribution in [2.75, 3.05) is 5.32 Å². The Morgan fingerprint density at radius 3 is 2.65 bits per heavy atom. The number of nitro benzene ring substituents is 1. The van der Waals surface area contributed by atoms with E-state index in [4.69, 9.17) is 0 Å². The fraction of sp³-hybridized carbons (Fsp3) is 0.143. The number of rotatable bonds is 4. The van der Waals surface area contributed by atoms with E-state index < -0.39 is 0 Å². The highest BCUT2D eigenvalue weighted by atomic mass is 127. The topological polar surface area (TPSA) is 55.2 Å². The summed E-state index contributed by atoms with van der Waals surface area (Å²) in [5.41, 5.74) is 2.15. The highest BCUT2D eigenvalue weighted by Crippen LogP contribution is 2.28. The average molecular weight is 447 g/mol. The molecule has 0 spiro atoms. The smallest absolute Gasteiger partial charge is 0.270 e.